The Morgan fingerprint density at radius 1 is 0.929 bits per heavy atom. The lowest BCUT2D eigenvalue weighted by Crippen LogP contribution is -2.54. The molecule has 0 aliphatic rings. The number of carbonyl (C=O) groups excluding carboxylic acids is 2. The van der Waals surface area contributed by atoms with Gasteiger partial charge in [0, 0.05) is 0 Å². The number of esters is 2. The maximum absolute atomic E-state index is 12.7. The van der Waals surface area contributed by atoms with Crippen molar-refractivity contribution in [2.24, 2.45) is 0 Å². The molecular weight excluding hydrogens is 386 g/mol. The number of aliphatic hydroxyl groups excluding tert-OH is 1. The zero-order valence-corrected chi connectivity index (χ0v) is 18.1. The number of aliphatic hydroxyl groups is 1. The molecule has 28 heavy (non-hydrogen) atoms. The minimum absolute atomic E-state index is 0.122. The van der Waals surface area contributed by atoms with E-state index in [1.807, 2.05) is 0 Å². The first-order valence-corrected chi connectivity index (χ1v) is 10.2. The van der Waals surface area contributed by atoms with Crippen LogP contribution >= 0.6 is 0 Å². The summed E-state index contributed by atoms with van der Waals surface area (Å²) in [7, 11) is -4.22. The van der Waals surface area contributed by atoms with E-state index >= 15 is 0 Å². The van der Waals surface area contributed by atoms with Crippen molar-refractivity contribution in [2.75, 3.05) is 0 Å². The molecule has 0 aliphatic carbocycles. The van der Waals surface area contributed by atoms with Crippen LogP contribution in [0, 0.1) is 6.92 Å². The Bertz CT molecular complexity index is 802. The van der Waals surface area contributed by atoms with Gasteiger partial charge >= 0.3 is 11.9 Å². The molecule has 2 N–H and O–H groups in total. The molecule has 0 aliphatic heterocycles. The minimum atomic E-state index is -4.22. The molecule has 0 saturated carbocycles. The fraction of sp³-hybridized carbons (Fsp3) is 0.579. The van der Waals surface area contributed by atoms with Crippen LogP contribution in [0.2, 0.25) is 0 Å². The molecule has 0 aromatic heterocycles. The number of benzene rings is 1. The zero-order valence-electron chi connectivity index (χ0n) is 17.3. The SMILES string of the molecule is Cc1ccc(S(=O)(=O)N[C@H](C(=O)OC(C)(C)C)[C@H](O)C(=O)OC(C)(C)C)cc1. The van der Waals surface area contributed by atoms with Gasteiger partial charge in [-0.05, 0) is 60.6 Å². The van der Waals surface area contributed by atoms with Gasteiger partial charge in [0.15, 0.2) is 12.1 Å². The van der Waals surface area contributed by atoms with Gasteiger partial charge < -0.3 is 14.6 Å². The van der Waals surface area contributed by atoms with E-state index < -0.39 is 45.3 Å². The van der Waals surface area contributed by atoms with Gasteiger partial charge in [-0.25, -0.2) is 13.2 Å². The number of hydrogen-bond donors (Lipinski definition) is 2. The van der Waals surface area contributed by atoms with Gasteiger partial charge in [0.25, 0.3) is 0 Å². The molecule has 0 bridgehead atoms. The highest BCUT2D eigenvalue weighted by Crippen LogP contribution is 2.17. The van der Waals surface area contributed by atoms with E-state index in [-0.39, 0.29) is 4.90 Å². The van der Waals surface area contributed by atoms with Crippen LogP contribution in [0.4, 0.5) is 0 Å². The Balaban J connectivity index is 3.21. The lowest BCUT2D eigenvalue weighted by atomic mass is 10.1. The van der Waals surface area contributed by atoms with E-state index in [0.717, 1.165) is 5.56 Å². The maximum atomic E-state index is 12.7. The molecule has 0 heterocycles. The molecule has 0 fully saturated rings. The third-order valence-corrected chi connectivity index (χ3v) is 4.70. The number of aryl methyl sites for hydroxylation is 1. The van der Waals surface area contributed by atoms with Crippen molar-refractivity contribution in [3.05, 3.63) is 29.8 Å². The van der Waals surface area contributed by atoms with Crippen molar-refractivity contribution in [1.82, 2.24) is 4.72 Å². The summed E-state index contributed by atoms with van der Waals surface area (Å²) in [6.45, 7) is 11.3. The normalized spacial score (nSPS) is 14.9. The second-order valence-corrected chi connectivity index (χ2v) is 10.1. The summed E-state index contributed by atoms with van der Waals surface area (Å²) in [5.74, 6) is -2.24. The monoisotopic (exact) mass is 415 g/mol. The molecule has 0 radical (unpaired) electrons. The lowest BCUT2D eigenvalue weighted by Gasteiger charge is -2.28. The number of sulfonamides is 1. The predicted molar refractivity (Wildman–Crippen MR) is 103 cm³/mol. The van der Waals surface area contributed by atoms with Crippen molar-refractivity contribution >= 4 is 22.0 Å². The Morgan fingerprint density at radius 3 is 1.79 bits per heavy atom. The highest BCUT2D eigenvalue weighted by atomic mass is 32.2. The quantitative estimate of drug-likeness (QED) is 0.679. The van der Waals surface area contributed by atoms with Gasteiger partial charge in [0.05, 0.1) is 4.90 Å². The van der Waals surface area contributed by atoms with E-state index in [0.29, 0.717) is 0 Å². The van der Waals surface area contributed by atoms with E-state index in [4.69, 9.17) is 9.47 Å². The van der Waals surface area contributed by atoms with Crippen LogP contribution < -0.4 is 4.72 Å². The van der Waals surface area contributed by atoms with Crippen LogP contribution in [0.1, 0.15) is 47.1 Å². The minimum Gasteiger partial charge on any atom is -0.459 e. The molecule has 0 amide bonds. The first-order chi connectivity index (χ1) is 12.5. The third-order valence-electron chi connectivity index (χ3n) is 3.24. The predicted octanol–water partition coefficient (Wildman–Crippen LogP) is 1.69. The average molecular weight is 416 g/mol. The number of rotatable bonds is 6. The molecule has 0 saturated heterocycles. The highest BCUT2D eigenvalue weighted by Gasteiger charge is 2.40. The van der Waals surface area contributed by atoms with Crippen LogP contribution in [0.25, 0.3) is 0 Å². The Morgan fingerprint density at radius 2 is 1.36 bits per heavy atom. The second-order valence-electron chi connectivity index (χ2n) is 8.42. The molecule has 1 aromatic rings. The summed E-state index contributed by atoms with van der Waals surface area (Å²) >= 11 is 0. The zero-order chi connectivity index (χ0) is 21.9. The van der Waals surface area contributed by atoms with Gasteiger partial charge in [-0.3, -0.25) is 4.79 Å². The van der Waals surface area contributed by atoms with E-state index in [1.165, 1.54) is 12.1 Å². The largest absolute Gasteiger partial charge is 0.459 e. The van der Waals surface area contributed by atoms with Gasteiger partial charge in [-0.2, -0.15) is 4.72 Å². The number of nitrogens with one attached hydrogen (secondary N) is 1. The van der Waals surface area contributed by atoms with Crippen molar-refractivity contribution in [2.45, 2.75) is 76.7 Å². The Labute approximate surface area is 166 Å². The topological polar surface area (TPSA) is 119 Å². The van der Waals surface area contributed by atoms with Crippen molar-refractivity contribution in [3.63, 3.8) is 0 Å². The van der Waals surface area contributed by atoms with Gasteiger partial charge in [-0.15, -0.1) is 0 Å². The third kappa shape index (κ3) is 7.57. The molecule has 2 atom stereocenters. The van der Waals surface area contributed by atoms with Crippen molar-refractivity contribution < 1.29 is 32.6 Å². The Hall–Kier alpha value is -1.97. The summed E-state index contributed by atoms with van der Waals surface area (Å²) in [6, 6.07) is 4.00. The van der Waals surface area contributed by atoms with E-state index in [1.54, 1.807) is 60.6 Å². The van der Waals surface area contributed by atoms with Gasteiger partial charge in [0.1, 0.15) is 11.2 Å². The van der Waals surface area contributed by atoms with Crippen LogP contribution in [0.15, 0.2) is 29.2 Å². The van der Waals surface area contributed by atoms with Crippen LogP contribution in [0.3, 0.4) is 0 Å². The van der Waals surface area contributed by atoms with Gasteiger partial charge in [-0.1, -0.05) is 17.7 Å². The number of carbonyl (C=O) groups is 2. The summed E-state index contributed by atoms with van der Waals surface area (Å²) in [5.41, 5.74) is -1.05. The van der Waals surface area contributed by atoms with Crippen LogP contribution in [0.5, 0.6) is 0 Å². The molecular formula is C19H29NO7S. The highest BCUT2D eigenvalue weighted by molar-refractivity contribution is 7.89. The smallest absolute Gasteiger partial charge is 0.337 e. The average Bonchev–Trinajstić information content (AvgIpc) is 2.49. The fourth-order valence-corrected chi connectivity index (χ4v) is 3.25. The maximum Gasteiger partial charge on any atom is 0.337 e. The van der Waals surface area contributed by atoms with E-state index in [9.17, 15) is 23.1 Å². The summed E-state index contributed by atoms with van der Waals surface area (Å²) < 4.78 is 37.6. The van der Waals surface area contributed by atoms with Gasteiger partial charge in [0.2, 0.25) is 10.0 Å². The van der Waals surface area contributed by atoms with Crippen LogP contribution in [-0.2, 0) is 29.1 Å². The molecule has 9 heteroatoms. The lowest BCUT2D eigenvalue weighted by molar-refractivity contribution is -0.174. The molecule has 1 rings (SSSR count). The fourth-order valence-electron chi connectivity index (χ4n) is 2.06. The van der Waals surface area contributed by atoms with Crippen LogP contribution in [-0.4, -0.2) is 48.8 Å². The summed E-state index contributed by atoms with van der Waals surface area (Å²) in [5, 5.41) is 10.4. The molecule has 8 nitrogen and oxygen atoms in total. The molecule has 158 valence electrons. The molecule has 1 aromatic carbocycles. The first kappa shape index (κ1) is 24.1. The Kier molecular flexibility index (Phi) is 7.38. The van der Waals surface area contributed by atoms with E-state index in [2.05, 4.69) is 4.72 Å². The molecule has 0 unspecified atom stereocenters. The molecule has 0 spiro atoms. The number of hydrogen-bond acceptors (Lipinski definition) is 7. The second kappa shape index (κ2) is 8.59. The summed E-state index contributed by atoms with van der Waals surface area (Å²) in [4.78, 5) is 24.6. The first-order valence-electron chi connectivity index (χ1n) is 8.75. The standard InChI is InChI=1S/C19H29NO7S/c1-12-8-10-13(11-9-12)28(24,25)20-14(16(22)26-18(2,3)4)15(21)17(23)27-19(5,6)7/h8-11,14-15,20-21H,1-7H3/t14-,15-/m0/s1. The van der Waals surface area contributed by atoms with Crippen molar-refractivity contribution in [3.8, 4) is 0 Å². The number of ether oxygens (including phenoxy) is 2. The van der Waals surface area contributed by atoms with Crippen molar-refractivity contribution in [1.29, 1.82) is 0 Å². The summed E-state index contributed by atoms with van der Waals surface area (Å²) in [6.07, 6.45) is -2.09.